The number of amides is 2. The third-order valence-corrected chi connectivity index (χ3v) is 14.1. The molecule has 5 rings (SSSR count). The summed E-state index contributed by atoms with van der Waals surface area (Å²) >= 11 is 4.08. The lowest BCUT2D eigenvalue weighted by molar-refractivity contribution is -0.405. The maximum Gasteiger partial charge on any atom is 0.364 e. The molecule has 32 nitrogen and oxygen atoms in total. The maximum atomic E-state index is 13.5. The molecule has 0 saturated carbocycles. The molecule has 0 aromatic rings. The van der Waals surface area contributed by atoms with Gasteiger partial charge < -0.3 is 135 Å². The highest BCUT2D eigenvalue weighted by Gasteiger charge is 2.61. The molecule has 5 aliphatic rings. The number of carboxylic acids is 1. The van der Waals surface area contributed by atoms with Crippen LogP contribution in [0.2, 0.25) is 0 Å². The standard InChI is InChI=1S/C43H75N3O29S/c1-15-17(53)9-43(42(64)65,74-33(15)25(56)18(54)10-47)75-37-32(63)41(71-34-21(13-50)67-38(30(61)29(34)60)46(66-3)7-6-44-23(55)5-4-8-76)70-22(14-51)35(37)72-39-24(45-16(2)52)36(27(58)20(12-49)68-39)73-40-31(62)28(59)26(57)19(11-48)69-40/h15,17-22,24-41,47-51,53-54,56-63,76H,4-14H2,1-3H3,(H,44,55)(H,45,52)(H,64,65)/t15-,17?,18-,19?,20?,21?,22?,24?,25-,26+,27+,28+,29-,30?,31?,32?,33-,34-,35+,36-,37-,38-,39+,40+,41+,43+/m1/s1. The zero-order chi connectivity index (χ0) is 56.5. The molecule has 76 heavy (non-hydrogen) atoms. The smallest absolute Gasteiger partial charge is 0.364 e. The largest absolute Gasteiger partial charge is 0.477 e. The number of carbonyl (C=O) groups excluding carboxylic acids is 2. The summed E-state index contributed by atoms with van der Waals surface area (Å²) < 4.78 is 53.3. The van der Waals surface area contributed by atoms with Crippen molar-refractivity contribution in [2.75, 3.05) is 59.0 Å². The molecular weight excluding hydrogens is 1050 g/mol. The van der Waals surface area contributed by atoms with Crippen molar-refractivity contribution in [2.45, 2.75) is 186 Å². The number of carboxylic acid groups (broad SMARTS) is 1. The lowest BCUT2D eigenvalue weighted by Crippen LogP contribution is -2.71. The van der Waals surface area contributed by atoms with Crippen molar-refractivity contribution in [3.63, 3.8) is 0 Å². The molecule has 0 bridgehead atoms. The second-order valence-electron chi connectivity index (χ2n) is 19.0. The number of nitrogens with zero attached hydrogens (tertiary/aromatic N) is 1. The van der Waals surface area contributed by atoms with Gasteiger partial charge in [-0.1, -0.05) is 6.92 Å². The van der Waals surface area contributed by atoms with Crippen LogP contribution in [0.25, 0.3) is 0 Å². The van der Waals surface area contributed by atoms with Crippen molar-refractivity contribution in [1.82, 2.24) is 15.7 Å². The van der Waals surface area contributed by atoms with Crippen LogP contribution in [0.1, 0.15) is 33.1 Å². The predicted octanol–water partition coefficient (Wildman–Crippen LogP) is -10.6. The van der Waals surface area contributed by atoms with E-state index in [0.717, 1.165) is 12.0 Å². The fourth-order valence-corrected chi connectivity index (χ4v) is 9.67. The number of hydrogen-bond donors (Lipinski definition) is 19. The predicted molar refractivity (Wildman–Crippen MR) is 246 cm³/mol. The van der Waals surface area contributed by atoms with Gasteiger partial charge in [-0.25, -0.2) is 4.79 Å². The topological polar surface area (TPSA) is 494 Å². The zero-order valence-corrected chi connectivity index (χ0v) is 42.5. The molecule has 5 heterocycles. The number of nitrogens with one attached hydrogen (secondary N) is 2. The number of ether oxygens (including phenoxy) is 9. The molecule has 0 aromatic heterocycles. The Morgan fingerprint density at radius 1 is 0.711 bits per heavy atom. The number of thiol groups is 1. The van der Waals surface area contributed by atoms with Crippen LogP contribution >= 0.6 is 12.6 Å². The van der Waals surface area contributed by atoms with E-state index in [1.54, 1.807) is 0 Å². The summed E-state index contributed by atoms with van der Waals surface area (Å²) in [6.07, 6.45) is -45.5. The van der Waals surface area contributed by atoms with E-state index >= 15 is 0 Å². The lowest BCUT2D eigenvalue weighted by Gasteiger charge is -2.52. The van der Waals surface area contributed by atoms with Gasteiger partial charge in [0.25, 0.3) is 5.79 Å². The number of hydroxylamine groups is 2. The van der Waals surface area contributed by atoms with Gasteiger partial charge in [0.05, 0.1) is 52.4 Å². The molecule has 5 fully saturated rings. The van der Waals surface area contributed by atoms with E-state index in [1.807, 2.05) is 0 Å². The number of carbonyl (C=O) groups is 3. The minimum Gasteiger partial charge on any atom is -0.477 e. The summed E-state index contributed by atoms with van der Waals surface area (Å²) in [7, 11) is 1.19. The fourth-order valence-electron chi connectivity index (χ4n) is 9.51. The Morgan fingerprint density at radius 2 is 1.28 bits per heavy atom. The van der Waals surface area contributed by atoms with Crippen molar-refractivity contribution in [1.29, 1.82) is 0 Å². The van der Waals surface area contributed by atoms with Gasteiger partial charge in [-0.05, 0) is 12.2 Å². The molecule has 442 valence electrons. The summed E-state index contributed by atoms with van der Waals surface area (Å²) in [4.78, 5) is 43.9. The monoisotopic (exact) mass is 1130 g/mol. The number of aliphatic hydroxyl groups is 15. The first kappa shape index (κ1) is 64.5. The highest BCUT2D eigenvalue weighted by molar-refractivity contribution is 7.80. The van der Waals surface area contributed by atoms with E-state index < -0.39 is 210 Å². The Bertz CT molecular complexity index is 1820. The van der Waals surface area contributed by atoms with Crippen molar-refractivity contribution in [2.24, 2.45) is 5.92 Å². The van der Waals surface area contributed by atoms with Crippen LogP contribution < -0.4 is 10.6 Å². The second kappa shape index (κ2) is 28.9. The van der Waals surface area contributed by atoms with Gasteiger partial charge in [0.1, 0.15) is 110 Å². The van der Waals surface area contributed by atoms with Gasteiger partial charge in [0, 0.05) is 38.8 Å². The van der Waals surface area contributed by atoms with Crippen molar-refractivity contribution in [3.8, 4) is 0 Å². The summed E-state index contributed by atoms with van der Waals surface area (Å²) in [5.41, 5.74) is 0. The molecule has 18 N–H and O–H groups in total. The van der Waals surface area contributed by atoms with Crippen LogP contribution in [0.3, 0.4) is 0 Å². The van der Waals surface area contributed by atoms with E-state index in [2.05, 4.69) is 23.3 Å². The van der Waals surface area contributed by atoms with Crippen LogP contribution in [0.4, 0.5) is 0 Å². The van der Waals surface area contributed by atoms with Crippen LogP contribution in [-0.2, 0) is 61.9 Å². The van der Waals surface area contributed by atoms with Crippen LogP contribution in [0, 0.1) is 5.92 Å². The Kier molecular flexibility index (Phi) is 24.6. The first-order valence-corrected chi connectivity index (χ1v) is 25.1. The molecule has 0 radical (unpaired) electrons. The summed E-state index contributed by atoms with van der Waals surface area (Å²) in [5, 5.41) is 180. The third-order valence-electron chi connectivity index (χ3n) is 13.8. The molecule has 33 heteroatoms. The highest BCUT2D eigenvalue weighted by atomic mass is 32.1. The normalized spacial score (nSPS) is 43.0. The summed E-state index contributed by atoms with van der Waals surface area (Å²) in [6, 6.07) is -1.84. The average molecular weight is 1130 g/mol. The van der Waals surface area contributed by atoms with E-state index in [4.69, 9.17) is 47.5 Å². The van der Waals surface area contributed by atoms with E-state index in [1.165, 1.54) is 14.0 Å². The fraction of sp³-hybridized carbons (Fsp3) is 0.930. The van der Waals surface area contributed by atoms with Crippen molar-refractivity contribution >= 4 is 30.4 Å². The summed E-state index contributed by atoms with van der Waals surface area (Å²) in [6.45, 7) is -3.09. The minimum atomic E-state index is -3.19. The van der Waals surface area contributed by atoms with Crippen LogP contribution in [-0.4, -0.2) is 316 Å². The minimum absolute atomic E-state index is 0.0369. The van der Waals surface area contributed by atoms with Gasteiger partial charge in [0.15, 0.2) is 25.1 Å². The number of rotatable bonds is 25. The quantitative estimate of drug-likeness (QED) is 0.0298. The van der Waals surface area contributed by atoms with Crippen LogP contribution in [0.5, 0.6) is 0 Å². The molecule has 5 aliphatic heterocycles. The highest BCUT2D eigenvalue weighted by Crippen LogP contribution is 2.42. The zero-order valence-electron chi connectivity index (χ0n) is 41.6. The maximum absolute atomic E-state index is 13.5. The van der Waals surface area contributed by atoms with Gasteiger partial charge in [-0.15, -0.1) is 0 Å². The number of aliphatic hydroxyl groups excluding tert-OH is 15. The Hall–Kier alpha value is -2.28. The van der Waals surface area contributed by atoms with Crippen molar-refractivity contribution in [3.05, 3.63) is 0 Å². The van der Waals surface area contributed by atoms with Gasteiger partial charge >= 0.3 is 5.97 Å². The Morgan fingerprint density at radius 3 is 1.86 bits per heavy atom. The number of hydrogen-bond acceptors (Lipinski definition) is 30. The molecule has 0 aromatic carbocycles. The molecule has 0 aliphatic carbocycles. The van der Waals surface area contributed by atoms with Gasteiger partial charge in [0.2, 0.25) is 11.8 Å². The molecule has 26 atom stereocenters. The molecule has 5 saturated heterocycles. The van der Waals surface area contributed by atoms with E-state index in [0.29, 0.717) is 12.2 Å². The molecular formula is C43H75N3O29S. The SMILES string of the molecule is CON(CCNC(=O)CCCS)[C@@H]1OC(CO)[C@@H](O[C@@H]2OC(CO)[C@H](O[C@@H]3OC(CO)[C@H](O)[C@H](O[C@@H]4OC(CO)[C@H](O)[C@H](O)C4O)C3NC(C)=O)[C@H](O[C@]3(C(=O)O)CC(O)[C@@H](C)[C@H]([C@H](O)[C@H](O)CO)O3)C2O)[C@H](O)C1O. The number of aliphatic carboxylic acids is 1. The van der Waals surface area contributed by atoms with Gasteiger partial charge in [-0.3, -0.25) is 14.4 Å². The average Bonchev–Trinajstić information content (AvgIpc) is 3.39. The Balaban J connectivity index is 1.54. The van der Waals surface area contributed by atoms with Crippen molar-refractivity contribution < 1.29 is 144 Å². The van der Waals surface area contributed by atoms with E-state index in [9.17, 15) is 96.1 Å². The van der Waals surface area contributed by atoms with Gasteiger partial charge in [-0.2, -0.15) is 17.7 Å². The Labute approximate surface area is 439 Å². The first-order valence-electron chi connectivity index (χ1n) is 24.5. The van der Waals surface area contributed by atoms with Crippen LogP contribution in [0.15, 0.2) is 0 Å². The first-order chi connectivity index (χ1) is 36.0. The summed E-state index contributed by atoms with van der Waals surface area (Å²) in [5.74, 6) is -7.17. The molecule has 2 amide bonds. The third kappa shape index (κ3) is 14.6. The second-order valence-corrected chi connectivity index (χ2v) is 19.4. The molecule has 9 unspecified atom stereocenters. The lowest BCUT2D eigenvalue weighted by atomic mass is 9.84. The van der Waals surface area contributed by atoms with E-state index in [-0.39, 0.29) is 25.4 Å². The molecule has 0 spiro atoms.